The van der Waals surface area contributed by atoms with Crippen LogP contribution in [0.15, 0.2) is 47.4 Å². The van der Waals surface area contributed by atoms with Gasteiger partial charge in [-0.2, -0.15) is 8.42 Å². The Bertz CT molecular complexity index is 1190. The minimum atomic E-state index is -4.17. The molecule has 202 valence electrons. The van der Waals surface area contributed by atoms with Crippen LogP contribution in [0.4, 0.5) is 16.2 Å². The fraction of sp³-hybridized carbons (Fsp3) is 0.481. The normalized spacial score (nSPS) is 13.2. The zero-order chi connectivity index (χ0) is 27.2. The molecule has 2 aromatic rings. The van der Waals surface area contributed by atoms with E-state index in [0.717, 1.165) is 31.6 Å². The van der Waals surface area contributed by atoms with E-state index in [1.807, 2.05) is 39.8 Å². The lowest BCUT2D eigenvalue weighted by molar-refractivity contribution is -0.114. The average Bonchev–Trinajstić information content (AvgIpc) is 3.64. The van der Waals surface area contributed by atoms with Gasteiger partial charge in [-0.25, -0.2) is 4.79 Å². The zero-order valence-corrected chi connectivity index (χ0v) is 23.1. The maximum atomic E-state index is 13.2. The molecule has 0 radical (unpaired) electrons. The molecule has 1 aliphatic rings. The van der Waals surface area contributed by atoms with Crippen molar-refractivity contribution in [3.63, 3.8) is 0 Å². The lowest BCUT2D eigenvalue weighted by Crippen LogP contribution is -2.43. The van der Waals surface area contributed by atoms with E-state index < -0.39 is 10.1 Å². The predicted octanol–water partition coefficient (Wildman–Crippen LogP) is 4.59. The number of benzene rings is 2. The van der Waals surface area contributed by atoms with E-state index >= 15 is 0 Å². The van der Waals surface area contributed by atoms with Gasteiger partial charge in [-0.1, -0.05) is 6.07 Å². The summed E-state index contributed by atoms with van der Waals surface area (Å²) in [5.41, 5.74) is 1.93. The molecule has 0 atom stereocenters. The molecule has 0 aromatic heterocycles. The van der Waals surface area contributed by atoms with Gasteiger partial charge in [0.2, 0.25) is 5.91 Å². The number of anilines is 2. The summed E-state index contributed by atoms with van der Waals surface area (Å²) in [5.74, 6) is 0.401. The van der Waals surface area contributed by atoms with Gasteiger partial charge in [0.05, 0.1) is 6.54 Å². The monoisotopic (exact) mass is 530 g/mol. The Morgan fingerprint density at radius 1 is 1.05 bits per heavy atom. The van der Waals surface area contributed by atoms with Crippen LogP contribution in [0.25, 0.3) is 0 Å². The Balaban J connectivity index is 1.94. The Morgan fingerprint density at radius 3 is 2.24 bits per heavy atom. The summed E-state index contributed by atoms with van der Waals surface area (Å²) in [4.78, 5) is 28.0. The van der Waals surface area contributed by atoms with Crippen molar-refractivity contribution in [2.75, 3.05) is 29.9 Å². The number of nitrogens with one attached hydrogen (secondary N) is 2. The minimum Gasteiger partial charge on any atom is -0.379 e. The van der Waals surface area contributed by atoms with Gasteiger partial charge in [0.1, 0.15) is 10.6 Å². The molecule has 37 heavy (non-hydrogen) atoms. The lowest BCUT2D eigenvalue weighted by atomic mass is 10.1. The molecule has 1 saturated carbocycles. The minimum absolute atomic E-state index is 0.0178. The zero-order valence-electron chi connectivity index (χ0n) is 22.3. The van der Waals surface area contributed by atoms with Crippen molar-refractivity contribution < 1.29 is 22.2 Å². The van der Waals surface area contributed by atoms with Gasteiger partial charge in [-0.15, -0.1) is 0 Å². The third-order valence-corrected chi connectivity index (χ3v) is 7.33. The van der Waals surface area contributed by atoms with E-state index in [0.29, 0.717) is 23.7 Å². The number of rotatable bonds is 12. The van der Waals surface area contributed by atoms with Crippen molar-refractivity contribution in [1.29, 1.82) is 0 Å². The molecule has 9 nitrogen and oxygen atoms in total. The molecule has 0 unspecified atom stereocenters. The maximum absolute atomic E-state index is 13.2. The quantitative estimate of drug-likeness (QED) is 0.389. The summed E-state index contributed by atoms with van der Waals surface area (Å²) in [6.45, 7) is 11.6. The Kier molecular flexibility index (Phi) is 9.42. The fourth-order valence-corrected chi connectivity index (χ4v) is 4.94. The maximum Gasteiger partial charge on any atom is 0.339 e. The predicted molar refractivity (Wildman–Crippen MR) is 145 cm³/mol. The number of urea groups is 1. The molecule has 3 amide bonds. The summed E-state index contributed by atoms with van der Waals surface area (Å²) >= 11 is 0. The van der Waals surface area contributed by atoms with Crippen LogP contribution in [0.3, 0.4) is 0 Å². The molecule has 10 heteroatoms. The van der Waals surface area contributed by atoms with Gasteiger partial charge in [-0.3, -0.25) is 4.79 Å². The van der Waals surface area contributed by atoms with E-state index in [2.05, 4.69) is 15.5 Å². The molecule has 0 aliphatic heterocycles. The van der Waals surface area contributed by atoms with Crippen molar-refractivity contribution >= 4 is 33.4 Å². The van der Waals surface area contributed by atoms with Crippen LogP contribution in [0.2, 0.25) is 0 Å². The first-order valence-electron chi connectivity index (χ1n) is 12.8. The van der Waals surface area contributed by atoms with Crippen molar-refractivity contribution in [1.82, 2.24) is 10.2 Å². The molecule has 0 spiro atoms. The van der Waals surface area contributed by atoms with Gasteiger partial charge in [0.25, 0.3) is 0 Å². The largest absolute Gasteiger partial charge is 0.379 e. The molecule has 3 rings (SSSR count). The van der Waals surface area contributed by atoms with Crippen LogP contribution < -0.4 is 19.7 Å². The second kappa shape index (κ2) is 12.3. The van der Waals surface area contributed by atoms with Crippen molar-refractivity contribution in [3.05, 3.63) is 48.0 Å². The first-order valence-corrected chi connectivity index (χ1v) is 14.2. The van der Waals surface area contributed by atoms with Gasteiger partial charge in [0.15, 0.2) is 0 Å². The number of nitrogens with zero attached hydrogens (tertiary/aromatic N) is 2. The lowest BCUT2D eigenvalue weighted by Gasteiger charge is -2.27. The standard InChI is InChI=1S/C27H38N4O5S/c1-6-30(7-2)24-13-10-22(18-31(17-21-8-9-21)27(33)28-19(3)4)26(16-24)36-37(34,35)25-14-11-23(12-15-25)29-20(5)32/h10-16,19,21H,6-9,17-18H2,1-5H3,(H,28,33)(H,29,32). The van der Waals surface area contributed by atoms with E-state index in [4.69, 9.17) is 4.18 Å². The highest BCUT2D eigenvalue weighted by atomic mass is 32.2. The first-order chi connectivity index (χ1) is 17.5. The fourth-order valence-electron chi connectivity index (χ4n) is 3.99. The number of carbonyl (C=O) groups excluding carboxylic acids is 2. The Labute approximate surface area is 220 Å². The van der Waals surface area contributed by atoms with Gasteiger partial charge in [-0.05, 0) is 76.8 Å². The molecule has 1 fully saturated rings. The van der Waals surface area contributed by atoms with Crippen LogP contribution in [0, 0.1) is 5.92 Å². The van der Waals surface area contributed by atoms with Crippen molar-refractivity contribution in [2.45, 2.75) is 64.9 Å². The van der Waals surface area contributed by atoms with Gasteiger partial charge >= 0.3 is 16.1 Å². The third-order valence-electron chi connectivity index (χ3n) is 6.08. The Hall–Kier alpha value is -3.27. The average molecular weight is 531 g/mol. The van der Waals surface area contributed by atoms with Crippen molar-refractivity contribution in [2.24, 2.45) is 5.92 Å². The molecular formula is C27H38N4O5S. The smallest absolute Gasteiger partial charge is 0.339 e. The second-order valence-corrected chi connectivity index (χ2v) is 11.2. The van der Waals surface area contributed by atoms with Crippen LogP contribution in [-0.2, 0) is 21.5 Å². The van der Waals surface area contributed by atoms with Crippen LogP contribution in [-0.4, -0.2) is 50.9 Å². The second-order valence-electron chi connectivity index (χ2n) is 9.64. The van der Waals surface area contributed by atoms with Crippen molar-refractivity contribution in [3.8, 4) is 5.75 Å². The van der Waals surface area contributed by atoms with E-state index in [-0.39, 0.29) is 35.2 Å². The molecule has 0 heterocycles. The topological polar surface area (TPSA) is 108 Å². The highest BCUT2D eigenvalue weighted by Crippen LogP contribution is 2.33. The van der Waals surface area contributed by atoms with Crippen LogP contribution >= 0.6 is 0 Å². The van der Waals surface area contributed by atoms with Gasteiger partial charge < -0.3 is 24.6 Å². The molecule has 2 aromatic carbocycles. The highest BCUT2D eigenvalue weighted by Gasteiger charge is 2.28. The number of amides is 3. The summed E-state index contributed by atoms with van der Waals surface area (Å²) in [5, 5.41) is 5.56. The molecular weight excluding hydrogens is 492 g/mol. The summed E-state index contributed by atoms with van der Waals surface area (Å²) in [7, 11) is -4.17. The molecule has 0 saturated heterocycles. The number of hydrogen-bond acceptors (Lipinski definition) is 6. The molecule has 2 N–H and O–H groups in total. The summed E-state index contributed by atoms with van der Waals surface area (Å²) in [6.07, 6.45) is 2.16. The third kappa shape index (κ3) is 8.11. The van der Waals surface area contributed by atoms with E-state index in [9.17, 15) is 18.0 Å². The van der Waals surface area contributed by atoms with Crippen LogP contribution in [0.5, 0.6) is 5.75 Å². The first kappa shape index (κ1) is 28.3. The number of hydrogen-bond donors (Lipinski definition) is 2. The number of carbonyl (C=O) groups is 2. The van der Waals surface area contributed by atoms with Crippen LogP contribution in [0.1, 0.15) is 53.0 Å². The molecule has 0 bridgehead atoms. The molecule has 1 aliphatic carbocycles. The van der Waals surface area contributed by atoms with Gasteiger partial charge in [0, 0.05) is 55.6 Å². The summed E-state index contributed by atoms with van der Waals surface area (Å²) in [6, 6.07) is 11.1. The summed E-state index contributed by atoms with van der Waals surface area (Å²) < 4.78 is 32.2. The van der Waals surface area contributed by atoms with E-state index in [1.54, 1.807) is 11.0 Å². The Morgan fingerprint density at radius 2 is 1.70 bits per heavy atom. The SMILES string of the molecule is CCN(CC)c1ccc(CN(CC2CC2)C(=O)NC(C)C)c(OS(=O)(=O)c2ccc(NC(C)=O)cc2)c1. The highest BCUT2D eigenvalue weighted by molar-refractivity contribution is 7.87. The van der Waals surface area contributed by atoms with E-state index in [1.165, 1.54) is 31.2 Å².